The first-order valence-corrected chi connectivity index (χ1v) is 17.5. The summed E-state index contributed by atoms with van der Waals surface area (Å²) in [5, 5.41) is 11.7. The van der Waals surface area contributed by atoms with E-state index in [0.29, 0.717) is 18.1 Å². The van der Waals surface area contributed by atoms with E-state index in [1.54, 1.807) is 6.07 Å². The zero-order chi connectivity index (χ0) is 29.8. The predicted octanol–water partition coefficient (Wildman–Crippen LogP) is 5.79. The van der Waals surface area contributed by atoms with Gasteiger partial charge in [-0.15, -0.1) is 0 Å². The second kappa shape index (κ2) is 11.2. The lowest BCUT2D eigenvalue weighted by Gasteiger charge is -2.45. The Kier molecular flexibility index (Phi) is 7.90. The fourth-order valence-electron chi connectivity index (χ4n) is 7.50. The van der Waals surface area contributed by atoms with Crippen LogP contribution in [0.15, 0.2) is 48.6 Å². The molecule has 8 atom stereocenters. The maximum absolute atomic E-state index is 13.7. The summed E-state index contributed by atoms with van der Waals surface area (Å²) in [5.41, 5.74) is 3.66. The molecule has 1 spiro atoms. The molecule has 1 amide bonds. The van der Waals surface area contributed by atoms with Crippen molar-refractivity contribution >= 4 is 38.8 Å². The number of nitrogens with one attached hydrogen (secondary N) is 1. The van der Waals surface area contributed by atoms with Crippen molar-refractivity contribution in [2.24, 2.45) is 23.7 Å². The molecule has 0 radical (unpaired) electrons. The number of hydrogen-bond acceptors (Lipinski definition) is 5. The van der Waals surface area contributed by atoms with Crippen molar-refractivity contribution in [2.45, 2.75) is 69.6 Å². The molecule has 4 aliphatic rings. The summed E-state index contributed by atoms with van der Waals surface area (Å²) in [4.78, 5) is 15.9. The summed E-state index contributed by atoms with van der Waals surface area (Å²) < 4.78 is 23.1. The van der Waals surface area contributed by atoms with E-state index in [-0.39, 0.29) is 34.3 Å². The highest BCUT2D eigenvalue weighted by Crippen LogP contribution is 2.46. The van der Waals surface area contributed by atoms with Gasteiger partial charge in [-0.1, -0.05) is 43.7 Å². The zero-order valence-corrected chi connectivity index (χ0v) is 26.4. The van der Waals surface area contributed by atoms with Crippen molar-refractivity contribution in [3.8, 4) is 5.75 Å². The number of anilines is 1. The van der Waals surface area contributed by atoms with Crippen LogP contribution in [0.3, 0.4) is 0 Å². The molecule has 2 aliphatic carbocycles. The van der Waals surface area contributed by atoms with Crippen LogP contribution in [0.2, 0.25) is 5.02 Å². The number of halogens is 1. The molecule has 6 nitrogen and oxygen atoms in total. The molecule has 2 N–H and O–H groups in total. The van der Waals surface area contributed by atoms with Crippen LogP contribution in [0, 0.1) is 23.7 Å². The lowest BCUT2D eigenvalue weighted by molar-refractivity contribution is 0.0454. The van der Waals surface area contributed by atoms with Crippen LogP contribution < -0.4 is 14.4 Å². The molecule has 0 aromatic heterocycles. The van der Waals surface area contributed by atoms with E-state index in [0.717, 1.165) is 61.7 Å². The van der Waals surface area contributed by atoms with Crippen molar-refractivity contribution in [1.82, 2.24) is 4.72 Å². The number of hydrogen-bond donors (Lipinski definition) is 2. The fourth-order valence-corrected chi connectivity index (χ4v) is 9.25. The molecule has 0 saturated heterocycles. The number of amides is 1. The summed E-state index contributed by atoms with van der Waals surface area (Å²) in [6.45, 7) is 8.02. The molecule has 226 valence electrons. The molecule has 2 aromatic rings. The minimum atomic E-state index is -2.94. The first-order valence-electron chi connectivity index (χ1n) is 15.3. The third-order valence-corrected chi connectivity index (χ3v) is 13.1. The highest BCUT2D eigenvalue weighted by atomic mass is 35.5. The standard InChI is InChI=1S/C34H43ClN2O4S/c1-21-7-13-31(38)28-11-8-26(28)18-37-19-34(15-5-6-24-16-27(35)10-12-29(24)34)20-41-32-14-9-25(17-30(32)37)33(39)36-42(4,40)23(3)22(21)2/h7,9-10,12-14,16-17,21-23,26,28,31,38H,4-6,8,11,15,18-20H2,1-3H3,(H,36,39,40)/b13-7+/t21-,22-,23+,26-,28+,31-,34-,42?/m0/s1. The number of allylic oxidation sites excluding steroid dienone is 1. The first-order chi connectivity index (χ1) is 20.0. The Morgan fingerprint density at radius 2 is 1.95 bits per heavy atom. The maximum Gasteiger partial charge on any atom is 0.262 e. The lowest BCUT2D eigenvalue weighted by atomic mass is 9.68. The average molecular weight is 611 g/mol. The van der Waals surface area contributed by atoms with E-state index < -0.39 is 15.8 Å². The first kappa shape index (κ1) is 29.6. The Morgan fingerprint density at radius 1 is 1.14 bits per heavy atom. The SMILES string of the molecule is C=S1(=O)NC(=O)c2ccc3c(c2)N(C[C@@H]2CC[C@H]2[C@@H](O)/C=C/[C@H](C)[C@H](C)[C@H]1C)C[C@@]1(CCCc2cc(Cl)ccc21)CO3. The van der Waals surface area contributed by atoms with Gasteiger partial charge in [-0.3, -0.25) is 9.52 Å². The molecule has 2 aliphatic heterocycles. The number of fused-ring (bicyclic) bond motifs is 4. The third kappa shape index (κ3) is 5.37. The van der Waals surface area contributed by atoms with Crippen LogP contribution in [-0.4, -0.2) is 52.1 Å². The van der Waals surface area contributed by atoms with E-state index in [9.17, 15) is 14.1 Å². The largest absolute Gasteiger partial charge is 0.490 e. The number of carbonyl (C=O) groups excluding carboxylic acids is 1. The molecule has 2 aromatic carbocycles. The minimum Gasteiger partial charge on any atom is -0.490 e. The van der Waals surface area contributed by atoms with Crippen LogP contribution in [0.4, 0.5) is 5.69 Å². The van der Waals surface area contributed by atoms with Crippen LogP contribution in [0.5, 0.6) is 5.75 Å². The number of ether oxygens (including phenoxy) is 1. The number of aryl methyl sites for hydroxylation is 1. The number of nitrogens with zero attached hydrogens (tertiary/aromatic N) is 1. The topological polar surface area (TPSA) is 78.9 Å². The Bertz CT molecular complexity index is 1510. The highest BCUT2D eigenvalue weighted by molar-refractivity contribution is 7.99. The second-order valence-corrected chi connectivity index (χ2v) is 16.1. The molecule has 2 heterocycles. The van der Waals surface area contributed by atoms with Crippen LogP contribution in [-0.2, 0) is 21.5 Å². The van der Waals surface area contributed by atoms with Gasteiger partial charge in [0.15, 0.2) is 0 Å². The van der Waals surface area contributed by atoms with Crippen LogP contribution >= 0.6 is 11.6 Å². The van der Waals surface area contributed by atoms with E-state index in [1.165, 1.54) is 11.1 Å². The van der Waals surface area contributed by atoms with Crippen molar-refractivity contribution in [3.05, 3.63) is 70.3 Å². The summed E-state index contributed by atoms with van der Waals surface area (Å²) in [6, 6.07) is 11.8. The summed E-state index contributed by atoms with van der Waals surface area (Å²) >= 11 is 6.40. The molecule has 1 unspecified atom stereocenters. The van der Waals surface area contributed by atoms with Crippen molar-refractivity contribution in [1.29, 1.82) is 0 Å². The van der Waals surface area contributed by atoms with Crippen LogP contribution in [0.1, 0.15) is 67.9 Å². The number of carbonyl (C=O) groups is 1. The lowest BCUT2D eigenvalue weighted by Crippen LogP contribution is -2.49. The second-order valence-electron chi connectivity index (χ2n) is 13.2. The van der Waals surface area contributed by atoms with E-state index in [1.807, 2.05) is 44.2 Å². The average Bonchev–Trinajstić information content (AvgIpc) is 3.09. The van der Waals surface area contributed by atoms with Crippen molar-refractivity contribution in [3.63, 3.8) is 0 Å². The Hall–Kier alpha value is -2.48. The normalized spacial score (nSPS) is 37.4. The number of aliphatic hydroxyl groups excluding tert-OH is 1. The van der Waals surface area contributed by atoms with E-state index in [2.05, 4.69) is 34.5 Å². The quantitative estimate of drug-likeness (QED) is 0.292. The molecule has 2 bridgehead atoms. The van der Waals surface area contributed by atoms with E-state index >= 15 is 0 Å². The number of benzene rings is 2. The molecule has 1 saturated carbocycles. The summed E-state index contributed by atoms with van der Waals surface area (Å²) in [6.07, 6.45) is 8.52. The van der Waals surface area contributed by atoms with E-state index in [4.69, 9.17) is 16.3 Å². The smallest absolute Gasteiger partial charge is 0.262 e. The van der Waals surface area contributed by atoms with Crippen LogP contribution in [0.25, 0.3) is 0 Å². The van der Waals surface area contributed by atoms with Crippen molar-refractivity contribution in [2.75, 3.05) is 24.6 Å². The van der Waals surface area contributed by atoms with Gasteiger partial charge in [0, 0.05) is 34.3 Å². The van der Waals surface area contributed by atoms with Gasteiger partial charge in [-0.2, -0.15) is 0 Å². The van der Waals surface area contributed by atoms with Gasteiger partial charge in [0.2, 0.25) is 0 Å². The number of aliphatic hydroxyl groups is 1. The number of rotatable bonds is 0. The highest BCUT2D eigenvalue weighted by Gasteiger charge is 2.44. The monoisotopic (exact) mass is 610 g/mol. The Labute approximate surface area is 255 Å². The molecule has 8 heteroatoms. The van der Waals surface area contributed by atoms with Gasteiger partial charge in [-0.05, 0) is 110 Å². The molecule has 6 rings (SSSR count). The third-order valence-electron chi connectivity index (χ3n) is 10.7. The molecular weight excluding hydrogens is 568 g/mol. The Balaban J connectivity index is 1.43. The zero-order valence-electron chi connectivity index (χ0n) is 24.9. The molecular formula is C34H43ClN2O4S. The summed E-state index contributed by atoms with van der Waals surface area (Å²) in [7, 11) is -2.94. The fraction of sp³-hybridized carbons (Fsp3) is 0.529. The van der Waals surface area contributed by atoms with Gasteiger partial charge < -0.3 is 14.7 Å². The maximum atomic E-state index is 13.7. The van der Waals surface area contributed by atoms with Gasteiger partial charge in [0.05, 0.1) is 28.1 Å². The van der Waals surface area contributed by atoms with Gasteiger partial charge in [-0.25, -0.2) is 4.21 Å². The van der Waals surface area contributed by atoms with Gasteiger partial charge in [0.25, 0.3) is 5.91 Å². The molecule has 1 fully saturated rings. The Morgan fingerprint density at radius 3 is 2.71 bits per heavy atom. The van der Waals surface area contributed by atoms with Crippen molar-refractivity contribution < 1.29 is 18.8 Å². The van der Waals surface area contributed by atoms with Gasteiger partial charge >= 0.3 is 0 Å². The minimum absolute atomic E-state index is 0.00998. The van der Waals surface area contributed by atoms with Gasteiger partial charge in [0.1, 0.15) is 5.75 Å². The predicted molar refractivity (Wildman–Crippen MR) is 172 cm³/mol. The molecule has 42 heavy (non-hydrogen) atoms. The summed E-state index contributed by atoms with van der Waals surface area (Å²) in [5.74, 6) is 4.86.